The van der Waals surface area contributed by atoms with Crippen molar-refractivity contribution in [2.45, 2.75) is 39.7 Å². The minimum absolute atomic E-state index is 0. The maximum Gasteiger partial charge on any atom is 0.191 e. The van der Waals surface area contributed by atoms with E-state index in [1.165, 1.54) is 12.8 Å². The van der Waals surface area contributed by atoms with E-state index in [1.807, 2.05) is 6.20 Å². The number of halogens is 1. The molecule has 0 aromatic carbocycles. The standard InChI is InChI=1S/C19H33N5O.HI/c1-16(2)15-25-12-6-9-21-19(20-3)23-14-17-7-8-18(22-13-17)24-10-4-5-11-24;/h7-8,13,16H,4-6,9-12,14-15H2,1-3H3,(H2,20,21,23);1H. The summed E-state index contributed by atoms with van der Waals surface area (Å²) >= 11 is 0. The maximum atomic E-state index is 5.58. The molecule has 26 heavy (non-hydrogen) atoms. The Morgan fingerprint density at radius 3 is 2.65 bits per heavy atom. The number of nitrogens with one attached hydrogen (secondary N) is 2. The molecule has 0 aliphatic carbocycles. The van der Waals surface area contributed by atoms with Gasteiger partial charge in [0.15, 0.2) is 5.96 Å². The molecule has 1 aliphatic rings. The molecule has 1 aliphatic heterocycles. The molecule has 6 nitrogen and oxygen atoms in total. The average molecular weight is 475 g/mol. The zero-order valence-corrected chi connectivity index (χ0v) is 18.7. The monoisotopic (exact) mass is 475 g/mol. The van der Waals surface area contributed by atoms with Crippen molar-refractivity contribution in [2.24, 2.45) is 10.9 Å². The molecule has 2 heterocycles. The van der Waals surface area contributed by atoms with Gasteiger partial charge in [0.2, 0.25) is 0 Å². The van der Waals surface area contributed by atoms with Crippen LogP contribution in [0, 0.1) is 5.92 Å². The number of ether oxygens (including phenoxy) is 1. The summed E-state index contributed by atoms with van der Waals surface area (Å²) in [6, 6.07) is 4.26. The third-order valence-corrected chi connectivity index (χ3v) is 4.13. The second kappa shape index (κ2) is 13.1. The van der Waals surface area contributed by atoms with E-state index in [2.05, 4.69) is 51.5 Å². The lowest BCUT2D eigenvalue weighted by Crippen LogP contribution is -2.37. The zero-order valence-electron chi connectivity index (χ0n) is 16.3. The van der Waals surface area contributed by atoms with Crippen molar-refractivity contribution in [3.8, 4) is 0 Å². The predicted octanol–water partition coefficient (Wildman–Crippen LogP) is 3.03. The topological polar surface area (TPSA) is 61.8 Å². The van der Waals surface area contributed by atoms with Crippen LogP contribution in [-0.2, 0) is 11.3 Å². The van der Waals surface area contributed by atoms with Crippen LogP contribution >= 0.6 is 24.0 Å². The van der Waals surface area contributed by atoms with Gasteiger partial charge >= 0.3 is 0 Å². The molecule has 2 rings (SSSR count). The molecule has 1 fully saturated rings. The van der Waals surface area contributed by atoms with Crippen molar-refractivity contribution >= 4 is 35.8 Å². The first-order chi connectivity index (χ1) is 12.2. The van der Waals surface area contributed by atoms with Crippen LogP contribution in [0.3, 0.4) is 0 Å². The van der Waals surface area contributed by atoms with Gasteiger partial charge in [-0.15, -0.1) is 24.0 Å². The zero-order chi connectivity index (χ0) is 17.9. The van der Waals surface area contributed by atoms with Gasteiger partial charge in [0.25, 0.3) is 0 Å². The average Bonchev–Trinajstić information content (AvgIpc) is 3.15. The maximum absolute atomic E-state index is 5.58. The summed E-state index contributed by atoms with van der Waals surface area (Å²) in [5.74, 6) is 2.49. The Hall–Kier alpha value is -1.09. The van der Waals surface area contributed by atoms with Gasteiger partial charge < -0.3 is 20.3 Å². The van der Waals surface area contributed by atoms with Crippen molar-refractivity contribution in [3.05, 3.63) is 23.9 Å². The molecule has 1 saturated heterocycles. The molecule has 0 saturated carbocycles. The first kappa shape index (κ1) is 23.0. The number of aliphatic imine (C=N–C) groups is 1. The van der Waals surface area contributed by atoms with Crippen LogP contribution in [0.1, 0.15) is 38.7 Å². The Morgan fingerprint density at radius 1 is 1.27 bits per heavy atom. The normalized spacial score (nSPS) is 14.5. The summed E-state index contributed by atoms with van der Waals surface area (Å²) in [4.78, 5) is 11.2. The van der Waals surface area contributed by atoms with Crippen LogP contribution in [0.5, 0.6) is 0 Å². The number of nitrogens with zero attached hydrogens (tertiary/aromatic N) is 3. The SMILES string of the molecule is CN=C(NCCCOCC(C)C)NCc1ccc(N2CCCC2)nc1.I. The number of hydrogen-bond donors (Lipinski definition) is 2. The van der Waals surface area contributed by atoms with E-state index in [0.717, 1.165) is 63.2 Å². The quantitative estimate of drug-likeness (QED) is 0.249. The van der Waals surface area contributed by atoms with Gasteiger partial charge in [0, 0.05) is 52.6 Å². The van der Waals surface area contributed by atoms with Crippen LogP contribution in [0.25, 0.3) is 0 Å². The van der Waals surface area contributed by atoms with Crippen LogP contribution in [0.2, 0.25) is 0 Å². The molecule has 0 bridgehead atoms. The summed E-state index contributed by atoms with van der Waals surface area (Å²) in [5, 5.41) is 6.64. The van der Waals surface area contributed by atoms with Gasteiger partial charge in [-0.1, -0.05) is 19.9 Å². The lowest BCUT2D eigenvalue weighted by molar-refractivity contribution is 0.108. The van der Waals surface area contributed by atoms with E-state index >= 15 is 0 Å². The number of rotatable bonds is 9. The predicted molar refractivity (Wildman–Crippen MR) is 120 cm³/mol. The van der Waals surface area contributed by atoms with E-state index in [9.17, 15) is 0 Å². The van der Waals surface area contributed by atoms with Crippen LogP contribution in [0.4, 0.5) is 5.82 Å². The van der Waals surface area contributed by atoms with Gasteiger partial charge in [-0.25, -0.2) is 4.98 Å². The van der Waals surface area contributed by atoms with E-state index in [-0.39, 0.29) is 24.0 Å². The smallest absolute Gasteiger partial charge is 0.191 e. The van der Waals surface area contributed by atoms with Crippen LogP contribution < -0.4 is 15.5 Å². The summed E-state index contributed by atoms with van der Waals surface area (Å²) in [6.45, 7) is 9.76. The molecule has 0 atom stereocenters. The Labute approximate surface area is 175 Å². The van der Waals surface area contributed by atoms with Crippen molar-refractivity contribution < 1.29 is 4.74 Å². The number of guanidine groups is 1. The Kier molecular flexibility index (Phi) is 11.6. The number of aromatic nitrogens is 1. The highest BCUT2D eigenvalue weighted by Gasteiger charge is 2.12. The van der Waals surface area contributed by atoms with Crippen molar-refractivity contribution in [2.75, 3.05) is 44.8 Å². The lowest BCUT2D eigenvalue weighted by Gasteiger charge is -2.16. The van der Waals surface area contributed by atoms with E-state index in [4.69, 9.17) is 4.74 Å². The third-order valence-electron chi connectivity index (χ3n) is 4.13. The fraction of sp³-hybridized carbons (Fsp3) is 0.684. The second-order valence-electron chi connectivity index (χ2n) is 6.89. The van der Waals surface area contributed by atoms with Gasteiger partial charge in [0.1, 0.15) is 5.82 Å². The summed E-state index contributed by atoms with van der Waals surface area (Å²) in [5.41, 5.74) is 1.16. The molecule has 7 heteroatoms. The van der Waals surface area contributed by atoms with Crippen molar-refractivity contribution in [3.63, 3.8) is 0 Å². The van der Waals surface area contributed by atoms with Gasteiger partial charge in [-0.05, 0) is 36.8 Å². The van der Waals surface area contributed by atoms with E-state index in [1.54, 1.807) is 7.05 Å². The summed E-state index contributed by atoms with van der Waals surface area (Å²) in [7, 11) is 1.79. The van der Waals surface area contributed by atoms with Crippen LogP contribution in [-0.4, -0.2) is 50.8 Å². The largest absolute Gasteiger partial charge is 0.381 e. The van der Waals surface area contributed by atoms with E-state index < -0.39 is 0 Å². The molecular formula is C19H34IN5O. The molecule has 0 amide bonds. The molecule has 1 aromatic rings. The fourth-order valence-corrected chi connectivity index (χ4v) is 2.76. The number of pyridine rings is 1. The van der Waals surface area contributed by atoms with Crippen LogP contribution in [0.15, 0.2) is 23.3 Å². The van der Waals surface area contributed by atoms with E-state index in [0.29, 0.717) is 5.92 Å². The molecule has 1 aromatic heterocycles. The van der Waals surface area contributed by atoms with Crippen molar-refractivity contribution in [1.82, 2.24) is 15.6 Å². The molecule has 2 N–H and O–H groups in total. The number of hydrogen-bond acceptors (Lipinski definition) is 4. The molecule has 0 spiro atoms. The Balaban J connectivity index is 0.00000338. The molecular weight excluding hydrogens is 441 g/mol. The number of anilines is 1. The molecule has 0 radical (unpaired) electrons. The highest BCUT2D eigenvalue weighted by molar-refractivity contribution is 14.0. The highest BCUT2D eigenvalue weighted by Crippen LogP contribution is 2.17. The minimum Gasteiger partial charge on any atom is -0.381 e. The molecule has 0 unspecified atom stereocenters. The van der Waals surface area contributed by atoms with Crippen molar-refractivity contribution in [1.29, 1.82) is 0 Å². The lowest BCUT2D eigenvalue weighted by atomic mass is 10.2. The third kappa shape index (κ3) is 8.53. The first-order valence-electron chi connectivity index (χ1n) is 9.41. The van der Waals surface area contributed by atoms with Gasteiger partial charge in [-0.2, -0.15) is 0 Å². The van der Waals surface area contributed by atoms with Gasteiger partial charge in [0.05, 0.1) is 0 Å². The van der Waals surface area contributed by atoms with Gasteiger partial charge in [-0.3, -0.25) is 4.99 Å². The Morgan fingerprint density at radius 2 is 2.04 bits per heavy atom. The summed E-state index contributed by atoms with van der Waals surface area (Å²) in [6.07, 6.45) is 5.47. The minimum atomic E-state index is 0. The fourth-order valence-electron chi connectivity index (χ4n) is 2.76. The summed E-state index contributed by atoms with van der Waals surface area (Å²) < 4.78 is 5.58. The highest BCUT2D eigenvalue weighted by atomic mass is 127. The Bertz CT molecular complexity index is 515. The molecule has 148 valence electrons. The second-order valence-corrected chi connectivity index (χ2v) is 6.89. The first-order valence-corrected chi connectivity index (χ1v) is 9.41.